The van der Waals surface area contributed by atoms with Crippen LogP contribution in [-0.2, 0) is 33.6 Å². The molecule has 0 N–H and O–H groups in total. The van der Waals surface area contributed by atoms with Crippen LogP contribution in [0.5, 0.6) is 0 Å². The Labute approximate surface area is 182 Å². The van der Waals surface area contributed by atoms with Gasteiger partial charge in [0.15, 0.2) is 6.17 Å². The molecule has 1 heterocycles. The molecule has 8 nitrogen and oxygen atoms in total. The zero-order valence-electron chi connectivity index (χ0n) is 17.9. The number of hydrogen-bond donors (Lipinski definition) is 0. The highest BCUT2D eigenvalue weighted by molar-refractivity contribution is 7.63. The van der Waals surface area contributed by atoms with Gasteiger partial charge in [0.25, 0.3) is 5.69 Å². The molecule has 30 heavy (non-hydrogen) atoms. The predicted octanol–water partition coefficient (Wildman–Crippen LogP) is 2.89. The van der Waals surface area contributed by atoms with Crippen molar-refractivity contribution in [3.05, 3.63) is 50.9 Å². The predicted molar refractivity (Wildman–Crippen MR) is 115 cm³/mol. The van der Waals surface area contributed by atoms with Gasteiger partial charge < -0.3 is 21.8 Å². The van der Waals surface area contributed by atoms with Gasteiger partial charge in [-0.05, 0) is 45.4 Å². The molecule has 1 fully saturated rings. The summed E-state index contributed by atoms with van der Waals surface area (Å²) in [5.74, 6) is -0.699. The number of likely N-dealkylation sites (tertiary alicyclic amines) is 1. The number of esters is 1. The molecule has 1 aromatic rings. The summed E-state index contributed by atoms with van der Waals surface area (Å²) in [6.07, 6.45) is 1.91. The van der Waals surface area contributed by atoms with Crippen LogP contribution in [0, 0.1) is 10.1 Å². The number of rotatable bonds is 10. The minimum absolute atomic E-state index is 0.0356. The molecule has 1 aliphatic heterocycles. The highest BCUT2D eigenvalue weighted by atomic mass is 32.1. The van der Waals surface area contributed by atoms with E-state index in [4.69, 9.17) is 17.4 Å². The number of allylic oxidation sites excluding steroid dienone is 1. The third-order valence-electron chi connectivity index (χ3n) is 6.07. The Bertz CT molecular complexity index is 812. The van der Waals surface area contributed by atoms with Gasteiger partial charge in [0, 0.05) is 12.1 Å². The average Bonchev–Trinajstić information content (AvgIpc) is 2.76. The Morgan fingerprint density at radius 2 is 1.87 bits per heavy atom. The first-order chi connectivity index (χ1) is 14.2. The maximum atomic E-state index is 13.0. The molecule has 1 aromatic carbocycles. The molecule has 1 aliphatic rings. The number of ether oxygens (including phenoxy) is 1. The van der Waals surface area contributed by atoms with E-state index in [-0.39, 0.29) is 24.4 Å². The third kappa shape index (κ3) is 4.62. The molecule has 0 bridgehead atoms. The van der Waals surface area contributed by atoms with E-state index < -0.39 is 16.9 Å². The average molecular weight is 436 g/mol. The highest BCUT2D eigenvalue weighted by Gasteiger charge is 2.53. The fourth-order valence-corrected chi connectivity index (χ4v) is 4.17. The lowest BCUT2D eigenvalue weighted by atomic mass is 10.00. The number of β-lactam (4-membered cyclic amide) rings is 1. The van der Waals surface area contributed by atoms with Crippen LogP contribution in [0.3, 0.4) is 0 Å². The molecule has 2 atom stereocenters. The first-order valence-corrected chi connectivity index (χ1v) is 10.6. The van der Waals surface area contributed by atoms with Crippen molar-refractivity contribution in [2.24, 2.45) is 0 Å². The monoisotopic (exact) mass is 435 g/mol. The molecule has 0 aromatic heterocycles. The SMILES string of the molecule is CC=C([S-])C(C(=O)OCc1ccc([N+](=O)[O-])cc1)N1C(=O)CC1[N+](CC)(CC)CC. The van der Waals surface area contributed by atoms with Crippen LogP contribution in [0.25, 0.3) is 0 Å². The number of nitrogens with zero attached hydrogens (tertiary/aromatic N) is 3. The summed E-state index contributed by atoms with van der Waals surface area (Å²) in [6, 6.07) is 4.84. The van der Waals surface area contributed by atoms with E-state index in [2.05, 4.69) is 20.8 Å². The van der Waals surface area contributed by atoms with Crippen LogP contribution in [0.2, 0.25) is 0 Å². The molecule has 1 saturated heterocycles. The minimum Gasteiger partial charge on any atom is -0.782 e. The normalized spacial score (nSPS) is 18.0. The quantitative estimate of drug-likeness (QED) is 0.140. The van der Waals surface area contributed by atoms with Gasteiger partial charge in [-0.25, -0.2) is 4.79 Å². The van der Waals surface area contributed by atoms with Crippen molar-refractivity contribution in [1.82, 2.24) is 4.90 Å². The van der Waals surface area contributed by atoms with Crippen LogP contribution in [0.15, 0.2) is 35.2 Å². The molecule has 9 heteroatoms. The molecular formula is C21H29N3O5S. The van der Waals surface area contributed by atoms with Crippen LogP contribution in [0.4, 0.5) is 5.69 Å². The second-order valence-corrected chi connectivity index (χ2v) is 7.75. The van der Waals surface area contributed by atoms with Crippen molar-refractivity contribution in [1.29, 1.82) is 0 Å². The second kappa shape index (κ2) is 9.99. The third-order valence-corrected chi connectivity index (χ3v) is 6.53. The number of nitro groups is 1. The van der Waals surface area contributed by atoms with Crippen molar-refractivity contribution in [3.63, 3.8) is 0 Å². The molecule has 0 radical (unpaired) electrons. The standard InChI is InChI=1S/C21H29N3O5S/c1-5-17(30)20(22-18(13-19(22)25)24(6-2,7-3)8-4)21(26)29-14-15-9-11-16(12-10-15)23(27)28/h5,9-12,18,20H,6-8,13-14H2,1-4H3. The lowest BCUT2D eigenvalue weighted by molar-refractivity contribution is -0.959. The van der Waals surface area contributed by atoms with Crippen molar-refractivity contribution >= 4 is 30.2 Å². The van der Waals surface area contributed by atoms with Gasteiger partial charge in [-0.3, -0.25) is 19.8 Å². The molecule has 164 valence electrons. The summed E-state index contributed by atoms with van der Waals surface area (Å²) < 4.78 is 6.16. The zero-order valence-corrected chi connectivity index (χ0v) is 18.7. The van der Waals surface area contributed by atoms with E-state index >= 15 is 0 Å². The molecule has 2 unspecified atom stereocenters. The van der Waals surface area contributed by atoms with Gasteiger partial charge in [0.1, 0.15) is 12.6 Å². The van der Waals surface area contributed by atoms with Crippen LogP contribution >= 0.6 is 0 Å². The Hall–Kier alpha value is -2.52. The Morgan fingerprint density at radius 3 is 2.30 bits per heavy atom. The topological polar surface area (TPSA) is 89.8 Å². The summed E-state index contributed by atoms with van der Waals surface area (Å²) in [4.78, 5) is 37.7. The van der Waals surface area contributed by atoms with Crippen molar-refractivity contribution in [3.8, 4) is 0 Å². The molecule has 0 saturated carbocycles. The number of carbonyl (C=O) groups is 2. The summed E-state index contributed by atoms with van der Waals surface area (Å²) in [5, 5.41) is 10.8. The fourth-order valence-electron chi connectivity index (χ4n) is 3.96. The van der Waals surface area contributed by atoms with E-state index in [1.807, 2.05) is 0 Å². The lowest BCUT2D eigenvalue weighted by Crippen LogP contribution is -2.73. The number of carbonyl (C=O) groups excluding carboxylic acids is 2. The lowest BCUT2D eigenvalue weighted by Gasteiger charge is -2.55. The van der Waals surface area contributed by atoms with Crippen molar-refractivity contribution in [2.45, 2.75) is 52.9 Å². The van der Waals surface area contributed by atoms with E-state index in [1.54, 1.807) is 17.9 Å². The number of non-ortho nitro benzene ring substituents is 1. The smallest absolute Gasteiger partial charge is 0.331 e. The number of quaternary nitrogens is 1. The van der Waals surface area contributed by atoms with Crippen LogP contribution in [-0.4, -0.2) is 58.0 Å². The van der Waals surface area contributed by atoms with Crippen molar-refractivity contribution in [2.75, 3.05) is 19.6 Å². The molecule has 2 rings (SSSR count). The van der Waals surface area contributed by atoms with E-state index in [0.717, 1.165) is 19.6 Å². The highest BCUT2D eigenvalue weighted by Crippen LogP contribution is 2.33. The number of amides is 1. The number of benzene rings is 1. The number of hydrogen-bond acceptors (Lipinski definition) is 6. The van der Waals surface area contributed by atoms with Gasteiger partial charge in [-0.1, -0.05) is 0 Å². The van der Waals surface area contributed by atoms with Gasteiger partial charge in [-0.2, -0.15) is 4.91 Å². The Balaban J connectivity index is 2.21. The summed E-state index contributed by atoms with van der Waals surface area (Å²) in [6.45, 7) is 10.5. The van der Waals surface area contributed by atoms with Gasteiger partial charge in [0.2, 0.25) is 5.91 Å². The van der Waals surface area contributed by atoms with Gasteiger partial charge in [0.05, 0.1) is 31.0 Å². The maximum absolute atomic E-state index is 13.0. The Kier molecular flexibility index (Phi) is 7.91. The van der Waals surface area contributed by atoms with Crippen molar-refractivity contribution < 1.29 is 23.7 Å². The van der Waals surface area contributed by atoms with E-state index in [9.17, 15) is 19.7 Å². The molecule has 0 spiro atoms. The summed E-state index contributed by atoms with van der Waals surface area (Å²) >= 11 is 5.41. The van der Waals surface area contributed by atoms with E-state index in [0.29, 0.717) is 21.4 Å². The van der Waals surface area contributed by atoms with Crippen LogP contribution in [0.1, 0.15) is 39.7 Å². The minimum atomic E-state index is -0.948. The largest absolute Gasteiger partial charge is 0.782 e. The summed E-state index contributed by atoms with van der Waals surface area (Å²) in [7, 11) is 0. The first kappa shape index (κ1) is 23.8. The molecule has 0 aliphatic carbocycles. The van der Waals surface area contributed by atoms with Gasteiger partial charge in [-0.15, -0.1) is 6.08 Å². The second-order valence-electron chi connectivity index (χ2n) is 7.28. The number of nitro benzene ring substituents is 1. The molecule has 1 amide bonds. The fraction of sp³-hybridized carbons (Fsp3) is 0.524. The maximum Gasteiger partial charge on any atom is 0.331 e. The molecular weight excluding hydrogens is 406 g/mol. The zero-order chi connectivity index (χ0) is 22.5. The first-order valence-electron chi connectivity index (χ1n) is 10.1. The Morgan fingerprint density at radius 1 is 1.30 bits per heavy atom. The summed E-state index contributed by atoms with van der Waals surface area (Å²) in [5.41, 5.74) is 0.581. The van der Waals surface area contributed by atoms with Crippen LogP contribution < -0.4 is 0 Å². The van der Waals surface area contributed by atoms with E-state index in [1.165, 1.54) is 24.3 Å². The van der Waals surface area contributed by atoms with Gasteiger partial charge >= 0.3 is 5.97 Å².